The second-order valence-electron chi connectivity index (χ2n) is 5.83. The minimum Gasteiger partial charge on any atom is -0.324 e. The number of thioether (sulfide) groups is 1. The molecule has 0 saturated heterocycles. The number of halogens is 2. The first-order valence-corrected chi connectivity index (χ1v) is 10.9. The van der Waals surface area contributed by atoms with E-state index in [0.29, 0.717) is 0 Å². The molecule has 0 atom stereocenters. The summed E-state index contributed by atoms with van der Waals surface area (Å²) in [7, 11) is 0. The first-order chi connectivity index (χ1) is 13.6. The Hall–Kier alpha value is -2.29. The van der Waals surface area contributed by atoms with Gasteiger partial charge in [0.2, 0.25) is 5.91 Å². The summed E-state index contributed by atoms with van der Waals surface area (Å²) < 4.78 is 14.1. The van der Waals surface area contributed by atoms with Crippen LogP contribution in [-0.4, -0.2) is 21.6 Å². The van der Waals surface area contributed by atoms with Crippen molar-refractivity contribution in [1.29, 1.82) is 0 Å². The predicted octanol–water partition coefficient (Wildman–Crippen LogP) is 5.99. The van der Waals surface area contributed by atoms with Crippen molar-refractivity contribution in [3.63, 3.8) is 0 Å². The largest absolute Gasteiger partial charge is 0.324 e. The maximum atomic E-state index is 13.3. The lowest BCUT2D eigenvalue weighted by atomic mass is 10.1. The summed E-state index contributed by atoms with van der Waals surface area (Å²) in [6.45, 7) is 0. The van der Waals surface area contributed by atoms with Crippen LogP contribution in [0.1, 0.15) is 0 Å². The fraction of sp³-hybridized carbons (Fsp3) is 0.0500. The molecular weight excluding hydrogens is 461 g/mol. The van der Waals surface area contributed by atoms with Crippen LogP contribution in [0, 0.1) is 5.82 Å². The molecule has 0 fully saturated rings. The van der Waals surface area contributed by atoms with Crippen LogP contribution in [0.15, 0.2) is 69.7 Å². The summed E-state index contributed by atoms with van der Waals surface area (Å²) in [5.74, 6) is -0.188. The van der Waals surface area contributed by atoms with Crippen LogP contribution in [0.25, 0.3) is 21.3 Å². The molecular formula is C20H13BrFN3OS2. The monoisotopic (exact) mass is 473 g/mol. The van der Waals surface area contributed by atoms with E-state index in [9.17, 15) is 9.18 Å². The van der Waals surface area contributed by atoms with Crippen molar-refractivity contribution < 1.29 is 9.18 Å². The highest BCUT2D eigenvalue weighted by Crippen LogP contribution is 2.37. The summed E-state index contributed by atoms with van der Waals surface area (Å²) in [5, 5.41) is 6.49. The van der Waals surface area contributed by atoms with Crippen LogP contribution >= 0.6 is 39.0 Å². The summed E-state index contributed by atoms with van der Waals surface area (Å²) in [4.78, 5) is 21.9. The summed E-state index contributed by atoms with van der Waals surface area (Å²) in [6.07, 6.45) is 1.50. The first-order valence-electron chi connectivity index (χ1n) is 8.27. The molecule has 1 amide bonds. The highest BCUT2D eigenvalue weighted by Gasteiger charge is 2.15. The number of nitrogens with one attached hydrogen (secondary N) is 1. The number of amides is 1. The first kappa shape index (κ1) is 19.0. The second kappa shape index (κ2) is 8.38. The Balaban J connectivity index is 1.57. The standard InChI is InChI=1S/C20H13BrFN3OS2/c21-15-3-1-2-4-16(15)25-17(26)10-28-20-18-14(9-27-19(18)23-11-24-20)12-5-7-13(22)8-6-12/h1-9,11H,10H2,(H,25,26). The van der Waals surface area contributed by atoms with Gasteiger partial charge in [0.15, 0.2) is 0 Å². The predicted molar refractivity (Wildman–Crippen MR) is 116 cm³/mol. The van der Waals surface area contributed by atoms with Gasteiger partial charge in [0.25, 0.3) is 0 Å². The highest BCUT2D eigenvalue weighted by atomic mass is 79.9. The van der Waals surface area contributed by atoms with E-state index in [-0.39, 0.29) is 17.5 Å². The average Bonchev–Trinajstić information content (AvgIpc) is 3.13. The number of anilines is 1. The van der Waals surface area contributed by atoms with Gasteiger partial charge < -0.3 is 5.32 Å². The van der Waals surface area contributed by atoms with Crippen molar-refractivity contribution in [1.82, 2.24) is 9.97 Å². The molecule has 140 valence electrons. The Bertz CT molecular complexity index is 1150. The zero-order chi connectivity index (χ0) is 19.5. The number of para-hydroxylation sites is 1. The van der Waals surface area contributed by atoms with Gasteiger partial charge in [-0.15, -0.1) is 11.3 Å². The molecule has 0 aliphatic heterocycles. The fourth-order valence-electron chi connectivity index (χ4n) is 2.68. The average molecular weight is 474 g/mol. The van der Waals surface area contributed by atoms with E-state index in [1.54, 1.807) is 12.1 Å². The van der Waals surface area contributed by atoms with Crippen molar-refractivity contribution >= 4 is 60.8 Å². The number of aromatic nitrogens is 2. The summed E-state index contributed by atoms with van der Waals surface area (Å²) in [5.41, 5.74) is 2.56. The smallest absolute Gasteiger partial charge is 0.234 e. The molecule has 2 aromatic heterocycles. The van der Waals surface area contributed by atoms with Gasteiger partial charge in [0.1, 0.15) is 22.0 Å². The van der Waals surface area contributed by atoms with Crippen LogP contribution in [0.2, 0.25) is 0 Å². The van der Waals surface area contributed by atoms with Crippen molar-refractivity contribution in [3.05, 3.63) is 70.5 Å². The number of rotatable bonds is 5. The maximum absolute atomic E-state index is 13.3. The third kappa shape index (κ3) is 4.09. The van der Waals surface area contributed by atoms with Gasteiger partial charge in [0.05, 0.1) is 16.8 Å². The molecule has 0 aliphatic rings. The van der Waals surface area contributed by atoms with E-state index in [2.05, 4.69) is 31.2 Å². The fourth-order valence-corrected chi connectivity index (χ4v) is 4.86. The zero-order valence-corrected chi connectivity index (χ0v) is 17.6. The molecule has 0 aliphatic carbocycles. The SMILES string of the molecule is O=C(CSc1ncnc2scc(-c3ccc(F)cc3)c12)Nc1ccccc1Br. The van der Waals surface area contributed by atoms with Crippen LogP contribution in [0.4, 0.5) is 10.1 Å². The highest BCUT2D eigenvalue weighted by molar-refractivity contribution is 9.10. The Kier molecular flexibility index (Phi) is 5.70. The van der Waals surface area contributed by atoms with Gasteiger partial charge in [-0.2, -0.15) is 0 Å². The minimum atomic E-state index is -0.280. The van der Waals surface area contributed by atoms with Gasteiger partial charge in [-0.3, -0.25) is 4.79 Å². The lowest BCUT2D eigenvalue weighted by Crippen LogP contribution is -2.14. The van der Waals surface area contributed by atoms with E-state index in [1.807, 2.05) is 29.6 Å². The molecule has 2 heterocycles. The van der Waals surface area contributed by atoms with Gasteiger partial charge in [-0.05, 0) is 45.8 Å². The van der Waals surface area contributed by atoms with Crippen molar-refractivity contribution in [2.24, 2.45) is 0 Å². The number of hydrogen-bond donors (Lipinski definition) is 1. The van der Waals surface area contributed by atoms with E-state index in [1.165, 1.54) is 41.6 Å². The molecule has 1 N–H and O–H groups in total. The number of fused-ring (bicyclic) bond motifs is 1. The van der Waals surface area contributed by atoms with E-state index < -0.39 is 0 Å². The van der Waals surface area contributed by atoms with E-state index >= 15 is 0 Å². The van der Waals surface area contributed by atoms with Crippen LogP contribution < -0.4 is 5.32 Å². The third-order valence-electron chi connectivity index (χ3n) is 3.98. The number of hydrogen-bond acceptors (Lipinski definition) is 5. The van der Waals surface area contributed by atoms with Crippen LogP contribution in [0.5, 0.6) is 0 Å². The Morgan fingerprint density at radius 1 is 1.14 bits per heavy atom. The molecule has 0 unspecified atom stereocenters. The molecule has 4 aromatic rings. The number of benzene rings is 2. The number of carbonyl (C=O) groups is 1. The third-order valence-corrected chi connectivity index (χ3v) is 6.55. The summed E-state index contributed by atoms with van der Waals surface area (Å²) in [6, 6.07) is 13.8. The van der Waals surface area contributed by atoms with E-state index in [0.717, 1.165) is 36.5 Å². The van der Waals surface area contributed by atoms with Crippen molar-refractivity contribution in [3.8, 4) is 11.1 Å². The molecule has 0 radical (unpaired) electrons. The molecule has 0 saturated carbocycles. The number of thiophene rings is 1. The Labute approximate surface area is 177 Å². The van der Waals surface area contributed by atoms with E-state index in [4.69, 9.17) is 0 Å². The molecule has 4 nitrogen and oxygen atoms in total. The van der Waals surface area contributed by atoms with Gasteiger partial charge in [0, 0.05) is 15.4 Å². The number of nitrogens with zero attached hydrogens (tertiary/aromatic N) is 2. The maximum Gasteiger partial charge on any atom is 0.234 e. The van der Waals surface area contributed by atoms with Gasteiger partial charge >= 0.3 is 0 Å². The molecule has 8 heteroatoms. The lowest BCUT2D eigenvalue weighted by Gasteiger charge is -2.08. The quantitative estimate of drug-likeness (QED) is 0.285. The van der Waals surface area contributed by atoms with Crippen LogP contribution in [-0.2, 0) is 4.79 Å². The van der Waals surface area contributed by atoms with Crippen LogP contribution in [0.3, 0.4) is 0 Å². The number of carbonyl (C=O) groups excluding carboxylic acids is 1. The molecule has 28 heavy (non-hydrogen) atoms. The molecule has 0 spiro atoms. The Morgan fingerprint density at radius 2 is 1.93 bits per heavy atom. The summed E-state index contributed by atoms with van der Waals surface area (Å²) >= 11 is 6.28. The second-order valence-corrected chi connectivity index (χ2v) is 8.51. The molecule has 2 aromatic carbocycles. The lowest BCUT2D eigenvalue weighted by molar-refractivity contribution is -0.113. The van der Waals surface area contributed by atoms with Gasteiger partial charge in [-0.1, -0.05) is 36.0 Å². The van der Waals surface area contributed by atoms with Gasteiger partial charge in [-0.25, -0.2) is 14.4 Å². The minimum absolute atomic E-state index is 0.123. The Morgan fingerprint density at radius 3 is 2.71 bits per heavy atom. The zero-order valence-electron chi connectivity index (χ0n) is 14.4. The molecule has 4 rings (SSSR count). The van der Waals surface area contributed by atoms with Crippen molar-refractivity contribution in [2.45, 2.75) is 5.03 Å². The normalized spacial score (nSPS) is 10.9. The van der Waals surface area contributed by atoms with Crippen molar-refractivity contribution in [2.75, 3.05) is 11.1 Å². The molecule has 0 bridgehead atoms. The topological polar surface area (TPSA) is 54.9 Å².